The molecule has 6 nitrogen and oxygen atoms in total. The summed E-state index contributed by atoms with van der Waals surface area (Å²) in [5, 5.41) is 14.3. The molecule has 1 aliphatic carbocycles. The summed E-state index contributed by atoms with van der Waals surface area (Å²) in [6.45, 7) is 0.678. The average molecular weight is 377 g/mol. The molecule has 136 valence electrons. The molecular formula is C20H19N5OS. The van der Waals surface area contributed by atoms with Crippen LogP contribution in [0.1, 0.15) is 35.9 Å². The highest BCUT2D eigenvalue weighted by molar-refractivity contribution is 7.98. The minimum Gasteiger partial charge on any atom is -0.467 e. The summed E-state index contributed by atoms with van der Waals surface area (Å²) in [6.07, 6.45) is 8.09. The molecule has 1 aliphatic rings. The van der Waals surface area contributed by atoms with Gasteiger partial charge in [0.15, 0.2) is 5.16 Å². The molecule has 0 spiro atoms. The first-order valence-electron chi connectivity index (χ1n) is 9.04. The van der Waals surface area contributed by atoms with E-state index in [1.165, 1.54) is 12.8 Å². The van der Waals surface area contributed by atoms with Gasteiger partial charge in [-0.1, -0.05) is 30.0 Å². The third kappa shape index (κ3) is 3.55. The van der Waals surface area contributed by atoms with Crippen LogP contribution in [0, 0.1) is 0 Å². The van der Waals surface area contributed by atoms with Gasteiger partial charge in [0.2, 0.25) is 0 Å². The van der Waals surface area contributed by atoms with Gasteiger partial charge in [-0.15, -0.1) is 10.2 Å². The number of thioether (sulfide) groups is 1. The van der Waals surface area contributed by atoms with Crippen molar-refractivity contribution in [2.75, 3.05) is 0 Å². The van der Waals surface area contributed by atoms with Crippen LogP contribution in [0.25, 0.3) is 5.69 Å². The second-order valence-electron chi connectivity index (χ2n) is 6.70. The molecule has 0 bridgehead atoms. The minimum absolute atomic E-state index is 0.544. The van der Waals surface area contributed by atoms with Gasteiger partial charge in [0.1, 0.15) is 11.6 Å². The number of hydrogen-bond donors (Lipinski definition) is 0. The van der Waals surface area contributed by atoms with Gasteiger partial charge in [-0.2, -0.15) is 5.10 Å². The van der Waals surface area contributed by atoms with Crippen LogP contribution in [0.15, 0.2) is 70.7 Å². The first-order chi connectivity index (χ1) is 13.4. The standard InChI is InChI=1S/C20H19N5OS/c1-2-5-17(6-3-1)25-12-15(11-21-25)14-27-20-23-22-19(16-8-9-16)24(20)13-18-7-4-10-26-18/h1-7,10-12,16H,8-9,13-14H2. The maximum absolute atomic E-state index is 5.53. The Balaban J connectivity index is 1.33. The number of aromatic nitrogens is 5. The monoisotopic (exact) mass is 377 g/mol. The van der Waals surface area contributed by atoms with E-state index < -0.39 is 0 Å². The zero-order valence-electron chi connectivity index (χ0n) is 14.7. The lowest BCUT2D eigenvalue weighted by Gasteiger charge is -2.07. The molecule has 0 amide bonds. The van der Waals surface area contributed by atoms with Crippen molar-refractivity contribution in [2.24, 2.45) is 0 Å². The first-order valence-corrected chi connectivity index (χ1v) is 10.0. The van der Waals surface area contributed by atoms with Crippen LogP contribution in [-0.2, 0) is 12.3 Å². The lowest BCUT2D eigenvalue weighted by Crippen LogP contribution is -2.05. The van der Waals surface area contributed by atoms with Crippen LogP contribution in [0.4, 0.5) is 0 Å². The summed E-state index contributed by atoms with van der Waals surface area (Å²) < 4.78 is 9.63. The van der Waals surface area contributed by atoms with E-state index in [4.69, 9.17) is 4.42 Å². The van der Waals surface area contributed by atoms with Gasteiger partial charge in [0.05, 0.1) is 24.7 Å². The van der Waals surface area contributed by atoms with E-state index in [1.807, 2.05) is 53.3 Å². The fourth-order valence-corrected chi connectivity index (χ4v) is 3.92. The molecule has 0 saturated heterocycles. The van der Waals surface area contributed by atoms with Crippen molar-refractivity contribution in [3.63, 3.8) is 0 Å². The highest BCUT2D eigenvalue weighted by atomic mass is 32.2. The van der Waals surface area contributed by atoms with Gasteiger partial charge in [0.25, 0.3) is 0 Å². The molecule has 5 rings (SSSR count). The zero-order valence-corrected chi connectivity index (χ0v) is 15.5. The van der Waals surface area contributed by atoms with Gasteiger partial charge >= 0.3 is 0 Å². The molecule has 7 heteroatoms. The quantitative estimate of drug-likeness (QED) is 0.450. The Morgan fingerprint density at radius 3 is 2.74 bits per heavy atom. The maximum Gasteiger partial charge on any atom is 0.191 e. The van der Waals surface area contributed by atoms with Gasteiger partial charge in [0, 0.05) is 23.4 Å². The van der Waals surface area contributed by atoms with Crippen LogP contribution in [0.2, 0.25) is 0 Å². The lowest BCUT2D eigenvalue weighted by molar-refractivity contribution is 0.478. The predicted molar refractivity (Wildman–Crippen MR) is 103 cm³/mol. The van der Waals surface area contributed by atoms with E-state index in [-0.39, 0.29) is 0 Å². The highest BCUT2D eigenvalue weighted by Crippen LogP contribution is 2.40. The van der Waals surface area contributed by atoms with Crippen molar-refractivity contribution in [2.45, 2.75) is 36.2 Å². The minimum atomic E-state index is 0.544. The Morgan fingerprint density at radius 2 is 1.96 bits per heavy atom. The highest BCUT2D eigenvalue weighted by Gasteiger charge is 2.30. The Hall–Kier alpha value is -2.80. The number of rotatable bonds is 7. The SMILES string of the molecule is c1ccc(-n2cc(CSc3nnc(C4CC4)n3Cc3ccco3)cn2)cc1. The van der Waals surface area contributed by atoms with E-state index in [0.717, 1.165) is 33.7 Å². The molecule has 0 N–H and O–H groups in total. The van der Waals surface area contributed by atoms with Crippen molar-refractivity contribution in [1.82, 2.24) is 24.5 Å². The Labute approximate surface area is 161 Å². The molecule has 27 heavy (non-hydrogen) atoms. The molecule has 0 unspecified atom stereocenters. The van der Waals surface area contributed by atoms with Crippen LogP contribution in [0.3, 0.4) is 0 Å². The summed E-state index contributed by atoms with van der Waals surface area (Å²) in [5.41, 5.74) is 2.22. The van der Waals surface area contributed by atoms with Crippen LogP contribution >= 0.6 is 11.8 Å². The van der Waals surface area contributed by atoms with Gasteiger partial charge in [-0.3, -0.25) is 4.57 Å². The summed E-state index contributed by atoms with van der Waals surface area (Å²) >= 11 is 1.69. The molecule has 0 radical (unpaired) electrons. The largest absolute Gasteiger partial charge is 0.467 e. The maximum atomic E-state index is 5.53. The molecule has 1 saturated carbocycles. The molecular weight excluding hydrogens is 358 g/mol. The molecule has 3 heterocycles. The Morgan fingerprint density at radius 1 is 1.07 bits per heavy atom. The summed E-state index contributed by atoms with van der Waals surface area (Å²) in [4.78, 5) is 0. The number of furan rings is 1. The second-order valence-corrected chi connectivity index (χ2v) is 7.64. The zero-order chi connectivity index (χ0) is 18.1. The number of nitrogens with zero attached hydrogens (tertiary/aromatic N) is 5. The fraction of sp³-hybridized carbons (Fsp3) is 0.250. The van der Waals surface area contributed by atoms with Gasteiger partial charge < -0.3 is 4.42 Å². The first kappa shape index (κ1) is 16.4. The number of para-hydroxylation sites is 1. The van der Waals surface area contributed by atoms with Crippen LogP contribution in [-0.4, -0.2) is 24.5 Å². The summed E-state index contributed by atoms with van der Waals surface area (Å²) in [5.74, 6) is 3.35. The number of hydrogen-bond acceptors (Lipinski definition) is 5. The number of benzene rings is 1. The lowest BCUT2D eigenvalue weighted by atomic mass is 10.3. The summed E-state index contributed by atoms with van der Waals surface area (Å²) in [7, 11) is 0. The van der Waals surface area contributed by atoms with Crippen molar-refractivity contribution in [3.8, 4) is 5.69 Å². The van der Waals surface area contributed by atoms with Crippen LogP contribution in [0.5, 0.6) is 0 Å². The smallest absolute Gasteiger partial charge is 0.191 e. The average Bonchev–Trinajstić information content (AvgIpc) is 3.11. The molecule has 4 aromatic rings. The Bertz CT molecular complexity index is 1020. The van der Waals surface area contributed by atoms with Crippen molar-refractivity contribution < 1.29 is 4.42 Å². The Kier molecular flexibility index (Phi) is 4.29. The third-order valence-electron chi connectivity index (χ3n) is 4.61. The van der Waals surface area contributed by atoms with Crippen molar-refractivity contribution in [1.29, 1.82) is 0 Å². The van der Waals surface area contributed by atoms with Gasteiger partial charge in [-0.05, 0) is 37.1 Å². The predicted octanol–water partition coefficient (Wildman–Crippen LogP) is 4.27. The van der Waals surface area contributed by atoms with Crippen molar-refractivity contribution in [3.05, 3.63) is 78.3 Å². The fourth-order valence-electron chi connectivity index (χ4n) is 3.06. The van der Waals surface area contributed by atoms with Crippen molar-refractivity contribution >= 4 is 11.8 Å². The molecule has 0 atom stereocenters. The van der Waals surface area contributed by atoms with Gasteiger partial charge in [-0.25, -0.2) is 4.68 Å². The second kappa shape index (κ2) is 7.08. The van der Waals surface area contributed by atoms with E-state index in [9.17, 15) is 0 Å². The van der Waals surface area contributed by atoms with Crippen LogP contribution < -0.4 is 0 Å². The molecule has 3 aromatic heterocycles. The summed E-state index contributed by atoms with van der Waals surface area (Å²) in [6, 6.07) is 14.0. The third-order valence-corrected chi connectivity index (χ3v) is 5.64. The topological polar surface area (TPSA) is 61.7 Å². The molecule has 0 aliphatic heterocycles. The molecule has 1 fully saturated rings. The van der Waals surface area contributed by atoms with E-state index in [1.54, 1.807) is 18.0 Å². The van der Waals surface area contributed by atoms with E-state index in [0.29, 0.717) is 12.5 Å². The molecule has 1 aromatic carbocycles. The normalized spacial score (nSPS) is 13.9. The van der Waals surface area contributed by atoms with E-state index >= 15 is 0 Å². The van der Waals surface area contributed by atoms with E-state index in [2.05, 4.69) is 26.1 Å².